The summed E-state index contributed by atoms with van der Waals surface area (Å²) in [6.07, 6.45) is 1.93. The van der Waals surface area contributed by atoms with Crippen molar-refractivity contribution in [1.82, 2.24) is 10.2 Å². The van der Waals surface area contributed by atoms with Gasteiger partial charge in [0.15, 0.2) is 4.34 Å². The predicted octanol–water partition coefficient (Wildman–Crippen LogP) is 4.31. The van der Waals surface area contributed by atoms with E-state index in [9.17, 15) is 0 Å². The number of nitrogens with zero attached hydrogens (tertiary/aromatic N) is 3. The van der Waals surface area contributed by atoms with E-state index in [1.165, 1.54) is 11.8 Å². The lowest BCUT2D eigenvalue weighted by Gasteiger charge is -2.36. The summed E-state index contributed by atoms with van der Waals surface area (Å²) in [5.74, 6) is 0. The van der Waals surface area contributed by atoms with E-state index in [0.717, 1.165) is 40.3 Å². The van der Waals surface area contributed by atoms with Gasteiger partial charge in [0.25, 0.3) is 0 Å². The van der Waals surface area contributed by atoms with Gasteiger partial charge in [0.1, 0.15) is 0 Å². The second kappa shape index (κ2) is 6.53. The molecule has 1 aliphatic rings. The quantitative estimate of drug-likeness (QED) is 0.866. The third-order valence-corrected chi connectivity index (χ3v) is 6.71. The van der Waals surface area contributed by atoms with Crippen molar-refractivity contribution in [3.63, 3.8) is 0 Å². The molecule has 1 aliphatic heterocycles. The van der Waals surface area contributed by atoms with E-state index in [0.29, 0.717) is 10.0 Å². The van der Waals surface area contributed by atoms with Gasteiger partial charge in [-0.25, -0.2) is 0 Å². The lowest BCUT2D eigenvalue weighted by atomic mass is 9.91. The Morgan fingerprint density at radius 3 is 2.73 bits per heavy atom. The summed E-state index contributed by atoms with van der Waals surface area (Å²) in [6.45, 7) is 3.95. The first kappa shape index (κ1) is 16.3. The largest absolute Gasteiger partial charge is 0.346 e. The van der Waals surface area contributed by atoms with Gasteiger partial charge in [0.2, 0.25) is 5.13 Å². The first-order valence-corrected chi connectivity index (χ1v) is 9.33. The molecule has 1 aromatic heterocycles. The van der Waals surface area contributed by atoms with Gasteiger partial charge < -0.3 is 10.6 Å². The Labute approximate surface area is 148 Å². The molecule has 2 N–H and O–H groups in total. The fourth-order valence-electron chi connectivity index (χ4n) is 2.24. The molecule has 0 bridgehead atoms. The maximum absolute atomic E-state index is 6.21. The van der Waals surface area contributed by atoms with E-state index in [2.05, 4.69) is 22.0 Å². The SMILES string of the molecule is CC1(N)CCN(c2nnc(Sc3cccc(Cl)c3Cl)s2)CC1. The maximum atomic E-state index is 6.21. The molecule has 0 atom stereocenters. The van der Waals surface area contributed by atoms with Crippen molar-refractivity contribution in [1.29, 1.82) is 0 Å². The molecule has 0 spiro atoms. The highest BCUT2D eigenvalue weighted by atomic mass is 35.5. The van der Waals surface area contributed by atoms with Crippen molar-refractivity contribution in [3.05, 3.63) is 28.2 Å². The minimum Gasteiger partial charge on any atom is -0.346 e. The topological polar surface area (TPSA) is 55.0 Å². The van der Waals surface area contributed by atoms with Crippen molar-refractivity contribution in [2.45, 2.75) is 34.5 Å². The van der Waals surface area contributed by atoms with E-state index in [1.807, 2.05) is 12.1 Å². The first-order chi connectivity index (χ1) is 10.4. The van der Waals surface area contributed by atoms with Crippen molar-refractivity contribution in [3.8, 4) is 0 Å². The lowest BCUT2D eigenvalue weighted by Crippen LogP contribution is -2.48. The molecule has 8 heteroatoms. The van der Waals surface area contributed by atoms with Crippen LogP contribution in [0.5, 0.6) is 0 Å². The number of hydrogen-bond acceptors (Lipinski definition) is 6. The molecule has 22 heavy (non-hydrogen) atoms. The summed E-state index contributed by atoms with van der Waals surface area (Å²) in [5.41, 5.74) is 6.10. The Morgan fingerprint density at radius 1 is 1.27 bits per heavy atom. The van der Waals surface area contributed by atoms with Gasteiger partial charge in [-0.05, 0) is 31.9 Å². The molecule has 3 rings (SSSR count). The van der Waals surface area contributed by atoms with Gasteiger partial charge in [-0.1, -0.05) is 52.4 Å². The summed E-state index contributed by atoms with van der Waals surface area (Å²) >= 11 is 15.3. The van der Waals surface area contributed by atoms with E-state index in [4.69, 9.17) is 28.9 Å². The van der Waals surface area contributed by atoms with Crippen molar-refractivity contribution in [2.24, 2.45) is 5.73 Å². The fraction of sp³-hybridized carbons (Fsp3) is 0.429. The third-order valence-electron chi connectivity index (χ3n) is 3.69. The number of halogens is 2. The van der Waals surface area contributed by atoms with Crippen LogP contribution in [-0.2, 0) is 0 Å². The number of benzene rings is 1. The predicted molar refractivity (Wildman–Crippen MR) is 94.5 cm³/mol. The number of nitrogens with two attached hydrogens (primary N) is 1. The Bertz CT molecular complexity index is 665. The van der Waals surface area contributed by atoms with Crippen LogP contribution in [0, 0.1) is 0 Å². The molecule has 0 radical (unpaired) electrons. The van der Waals surface area contributed by atoms with Gasteiger partial charge in [0.05, 0.1) is 10.0 Å². The number of hydrogen-bond donors (Lipinski definition) is 1. The number of piperidine rings is 1. The fourth-order valence-corrected chi connectivity index (χ4v) is 4.62. The summed E-state index contributed by atoms with van der Waals surface area (Å²) < 4.78 is 0.861. The molecule has 2 heterocycles. The molecule has 1 fully saturated rings. The van der Waals surface area contributed by atoms with Gasteiger partial charge >= 0.3 is 0 Å². The second-order valence-corrected chi connectivity index (χ2v) is 8.68. The number of anilines is 1. The molecule has 0 saturated carbocycles. The third kappa shape index (κ3) is 3.68. The summed E-state index contributed by atoms with van der Waals surface area (Å²) in [6, 6.07) is 5.59. The first-order valence-electron chi connectivity index (χ1n) is 6.94. The average Bonchev–Trinajstić information content (AvgIpc) is 2.92. The molecule has 4 nitrogen and oxygen atoms in total. The van der Waals surface area contributed by atoms with E-state index in [-0.39, 0.29) is 5.54 Å². The molecule has 1 saturated heterocycles. The van der Waals surface area contributed by atoms with Gasteiger partial charge in [0, 0.05) is 23.5 Å². The number of aromatic nitrogens is 2. The highest BCUT2D eigenvalue weighted by Crippen LogP contribution is 2.39. The Hall–Kier alpha value is -0.530. The second-order valence-electron chi connectivity index (χ2n) is 5.65. The van der Waals surface area contributed by atoms with Crippen LogP contribution in [0.4, 0.5) is 5.13 Å². The van der Waals surface area contributed by atoms with Crippen LogP contribution in [0.15, 0.2) is 27.4 Å². The highest BCUT2D eigenvalue weighted by molar-refractivity contribution is 8.01. The highest BCUT2D eigenvalue weighted by Gasteiger charge is 2.27. The van der Waals surface area contributed by atoms with Gasteiger partial charge in [-0.2, -0.15) is 0 Å². The van der Waals surface area contributed by atoms with E-state index >= 15 is 0 Å². The molecule has 0 aliphatic carbocycles. The molecule has 2 aromatic rings. The molecule has 1 aromatic carbocycles. The zero-order valence-corrected chi connectivity index (χ0v) is 15.2. The van der Waals surface area contributed by atoms with Gasteiger partial charge in [-0.3, -0.25) is 0 Å². The number of rotatable bonds is 3. The zero-order valence-electron chi connectivity index (χ0n) is 12.1. The summed E-state index contributed by atoms with van der Waals surface area (Å²) in [7, 11) is 0. The van der Waals surface area contributed by atoms with Crippen LogP contribution in [0.25, 0.3) is 0 Å². The summed E-state index contributed by atoms with van der Waals surface area (Å²) in [4.78, 5) is 3.14. The van der Waals surface area contributed by atoms with Crippen molar-refractivity contribution >= 4 is 51.4 Å². The minimum atomic E-state index is -0.0624. The Morgan fingerprint density at radius 2 is 2.00 bits per heavy atom. The van der Waals surface area contributed by atoms with Crippen molar-refractivity contribution < 1.29 is 0 Å². The smallest absolute Gasteiger partial charge is 0.209 e. The van der Waals surface area contributed by atoms with Crippen molar-refractivity contribution in [2.75, 3.05) is 18.0 Å². The normalized spacial score (nSPS) is 17.7. The molecular weight excluding hydrogens is 359 g/mol. The summed E-state index contributed by atoms with van der Waals surface area (Å²) in [5, 5.41) is 10.6. The standard InChI is InChI=1S/C14H16Cl2N4S2/c1-14(17)5-7-20(8-6-14)12-18-19-13(22-12)21-10-4-2-3-9(15)11(10)16/h2-4H,5-8,17H2,1H3. The van der Waals surface area contributed by atoms with Crippen LogP contribution < -0.4 is 10.6 Å². The van der Waals surface area contributed by atoms with E-state index < -0.39 is 0 Å². The van der Waals surface area contributed by atoms with Crippen LogP contribution in [-0.4, -0.2) is 28.8 Å². The molecule has 0 amide bonds. The van der Waals surface area contributed by atoms with Crippen LogP contribution in [0.1, 0.15) is 19.8 Å². The monoisotopic (exact) mass is 374 g/mol. The Balaban J connectivity index is 1.70. The average molecular weight is 375 g/mol. The maximum Gasteiger partial charge on any atom is 0.209 e. The van der Waals surface area contributed by atoms with E-state index in [1.54, 1.807) is 17.4 Å². The minimum absolute atomic E-state index is 0.0624. The molecule has 0 unspecified atom stereocenters. The van der Waals surface area contributed by atoms with Gasteiger partial charge in [-0.15, -0.1) is 10.2 Å². The van der Waals surface area contributed by atoms with Crippen LogP contribution >= 0.6 is 46.3 Å². The lowest BCUT2D eigenvalue weighted by molar-refractivity contribution is 0.364. The Kier molecular flexibility index (Phi) is 4.85. The van der Waals surface area contributed by atoms with Crippen LogP contribution in [0.2, 0.25) is 10.0 Å². The molecule has 118 valence electrons. The molecular formula is C14H16Cl2N4S2. The van der Waals surface area contributed by atoms with Crippen LogP contribution in [0.3, 0.4) is 0 Å². The zero-order chi connectivity index (χ0) is 15.7.